The fraction of sp³-hybridized carbons (Fsp3) is 0.0556. The van der Waals surface area contributed by atoms with Gasteiger partial charge in [-0.3, -0.25) is 9.59 Å². The minimum Gasteiger partial charge on any atom is -0.267 e. The third-order valence-electron chi connectivity index (χ3n) is 3.59. The molecule has 0 unspecified atom stereocenters. The zero-order valence-electron chi connectivity index (χ0n) is 13.3. The summed E-state index contributed by atoms with van der Waals surface area (Å²) in [6.45, 7) is 0. The molecule has 7 heteroatoms. The maximum absolute atomic E-state index is 12.4. The van der Waals surface area contributed by atoms with Crippen molar-refractivity contribution in [2.45, 2.75) is 0 Å². The summed E-state index contributed by atoms with van der Waals surface area (Å²) in [5, 5.41) is 17.6. The van der Waals surface area contributed by atoms with Crippen LogP contribution in [0.5, 0.6) is 0 Å². The Bertz CT molecular complexity index is 1080. The monoisotopic (exact) mass is 331 g/mol. The molecule has 25 heavy (non-hydrogen) atoms. The van der Waals surface area contributed by atoms with Gasteiger partial charge >= 0.3 is 0 Å². The topological polar surface area (TPSA) is 100 Å². The molecule has 1 amide bonds. The van der Waals surface area contributed by atoms with Crippen LogP contribution in [-0.4, -0.2) is 21.9 Å². The van der Waals surface area contributed by atoms with Crippen molar-refractivity contribution in [1.29, 1.82) is 5.26 Å². The molecule has 0 saturated heterocycles. The lowest BCUT2D eigenvalue weighted by Crippen LogP contribution is -2.27. The van der Waals surface area contributed by atoms with E-state index in [9.17, 15) is 9.59 Å². The number of carbonyl (C=O) groups is 1. The molecular weight excluding hydrogens is 318 g/mol. The van der Waals surface area contributed by atoms with E-state index in [1.807, 2.05) is 6.07 Å². The van der Waals surface area contributed by atoms with Crippen LogP contribution in [0, 0.1) is 11.3 Å². The van der Waals surface area contributed by atoms with Crippen molar-refractivity contribution in [3.05, 3.63) is 75.7 Å². The molecule has 7 nitrogen and oxygen atoms in total. The molecule has 3 aromatic rings. The molecular formula is C18H13N5O2. The molecule has 1 heterocycles. The highest BCUT2D eigenvalue weighted by atomic mass is 16.2. The summed E-state index contributed by atoms with van der Waals surface area (Å²) in [7, 11) is 1.49. The van der Waals surface area contributed by atoms with Crippen LogP contribution in [0.2, 0.25) is 0 Å². The SMILES string of the molecule is Cn1nc(C(=O)N/N=C\c2ccc(C#N)cc2)c2ccccc2c1=O. The second-order valence-electron chi connectivity index (χ2n) is 5.26. The Hall–Kier alpha value is -3.79. The van der Waals surface area contributed by atoms with Crippen LogP contribution < -0.4 is 11.0 Å². The number of nitriles is 1. The molecule has 0 saturated carbocycles. The molecule has 0 aliphatic rings. The normalized spacial score (nSPS) is 10.7. The van der Waals surface area contributed by atoms with Crippen molar-refractivity contribution in [3.63, 3.8) is 0 Å². The van der Waals surface area contributed by atoms with Crippen molar-refractivity contribution in [2.75, 3.05) is 0 Å². The van der Waals surface area contributed by atoms with Crippen LogP contribution in [0.3, 0.4) is 0 Å². The van der Waals surface area contributed by atoms with Crippen LogP contribution >= 0.6 is 0 Å². The van der Waals surface area contributed by atoms with E-state index >= 15 is 0 Å². The van der Waals surface area contributed by atoms with E-state index in [0.29, 0.717) is 16.3 Å². The van der Waals surface area contributed by atoms with Crippen molar-refractivity contribution in [2.24, 2.45) is 12.1 Å². The van der Waals surface area contributed by atoms with Gasteiger partial charge in [-0.05, 0) is 23.8 Å². The fourth-order valence-electron chi connectivity index (χ4n) is 2.33. The molecule has 0 aliphatic heterocycles. The third kappa shape index (κ3) is 3.28. The van der Waals surface area contributed by atoms with E-state index < -0.39 is 5.91 Å². The highest BCUT2D eigenvalue weighted by Crippen LogP contribution is 2.12. The van der Waals surface area contributed by atoms with Gasteiger partial charge < -0.3 is 0 Å². The predicted molar refractivity (Wildman–Crippen MR) is 93.2 cm³/mol. The lowest BCUT2D eigenvalue weighted by Gasteiger charge is -2.06. The van der Waals surface area contributed by atoms with Crippen molar-refractivity contribution in [3.8, 4) is 6.07 Å². The largest absolute Gasteiger partial charge is 0.292 e. The number of hydrogen-bond acceptors (Lipinski definition) is 5. The van der Waals surface area contributed by atoms with Gasteiger partial charge in [0, 0.05) is 12.4 Å². The Labute approximate surface area is 142 Å². The average molecular weight is 331 g/mol. The Kier molecular flexibility index (Phi) is 4.35. The second-order valence-corrected chi connectivity index (χ2v) is 5.26. The fourth-order valence-corrected chi connectivity index (χ4v) is 2.33. The number of rotatable bonds is 3. The zero-order chi connectivity index (χ0) is 17.8. The van der Waals surface area contributed by atoms with E-state index in [2.05, 4.69) is 15.6 Å². The molecule has 0 bridgehead atoms. The predicted octanol–water partition coefficient (Wildman–Crippen LogP) is 1.57. The zero-order valence-corrected chi connectivity index (χ0v) is 13.3. The van der Waals surface area contributed by atoms with Crippen LogP contribution in [-0.2, 0) is 7.05 Å². The molecule has 1 N–H and O–H groups in total. The summed E-state index contributed by atoms with van der Waals surface area (Å²) in [5.41, 5.74) is 3.53. The van der Waals surface area contributed by atoms with Gasteiger partial charge in [-0.15, -0.1) is 0 Å². The van der Waals surface area contributed by atoms with E-state index in [4.69, 9.17) is 5.26 Å². The second kappa shape index (κ2) is 6.76. The minimum absolute atomic E-state index is 0.120. The maximum Gasteiger partial charge on any atom is 0.292 e. The average Bonchev–Trinajstić information content (AvgIpc) is 2.65. The Morgan fingerprint density at radius 1 is 1.20 bits per heavy atom. The third-order valence-corrected chi connectivity index (χ3v) is 3.59. The van der Waals surface area contributed by atoms with Crippen LogP contribution in [0.25, 0.3) is 10.8 Å². The molecule has 3 rings (SSSR count). The van der Waals surface area contributed by atoms with E-state index in [1.165, 1.54) is 13.3 Å². The van der Waals surface area contributed by atoms with Crippen molar-refractivity contribution < 1.29 is 4.79 Å². The van der Waals surface area contributed by atoms with Gasteiger partial charge in [0.15, 0.2) is 5.69 Å². The number of nitrogens with one attached hydrogen (secondary N) is 1. The smallest absolute Gasteiger partial charge is 0.267 e. The molecule has 0 aliphatic carbocycles. The number of carbonyl (C=O) groups excluding carboxylic acids is 1. The molecule has 0 radical (unpaired) electrons. The van der Waals surface area contributed by atoms with Crippen LogP contribution in [0.15, 0.2) is 58.4 Å². The van der Waals surface area contributed by atoms with Crippen LogP contribution in [0.4, 0.5) is 0 Å². The van der Waals surface area contributed by atoms with Gasteiger partial charge in [-0.1, -0.05) is 30.3 Å². The van der Waals surface area contributed by atoms with Crippen molar-refractivity contribution in [1.82, 2.24) is 15.2 Å². The summed E-state index contributed by atoms with van der Waals surface area (Å²) in [5.74, 6) is -0.517. The number of aryl methyl sites for hydroxylation is 1. The van der Waals surface area contributed by atoms with E-state index in [0.717, 1.165) is 10.2 Å². The highest BCUT2D eigenvalue weighted by Gasteiger charge is 2.14. The molecule has 1 aromatic heterocycles. The Morgan fingerprint density at radius 3 is 2.56 bits per heavy atom. The van der Waals surface area contributed by atoms with Gasteiger partial charge in [0.05, 0.1) is 23.2 Å². The van der Waals surface area contributed by atoms with Crippen LogP contribution in [0.1, 0.15) is 21.6 Å². The summed E-state index contributed by atoms with van der Waals surface area (Å²) < 4.78 is 1.13. The first-order chi connectivity index (χ1) is 12.1. The number of hydrazone groups is 1. The molecule has 122 valence electrons. The van der Waals surface area contributed by atoms with Gasteiger partial charge in [-0.2, -0.15) is 15.5 Å². The first-order valence-electron chi connectivity index (χ1n) is 7.40. The number of fused-ring (bicyclic) bond motifs is 1. The first kappa shape index (κ1) is 16.1. The minimum atomic E-state index is -0.517. The van der Waals surface area contributed by atoms with Gasteiger partial charge in [0.25, 0.3) is 11.5 Å². The number of nitrogens with zero attached hydrogens (tertiary/aromatic N) is 4. The highest BCUT2D eigenvalue weighted by molar-refractivity contribution is 6.04. The van der Waals surface area contributed by atoms with Gasteiger partial charge in [0.1, 0.15) is 0 Å². The number of hydrogen-bond donors (Lipinski definition) is 1. The number of benzene rings is 2. The molecule has 0 atom stereocenters. The van der Waals surface area contributed by atoms with Gasteiger partial charge in [0.2, 0.25) is 0 Å². The lowest BCUT2D eigenvalue weighted by atomic mass is 10.1. The summed E-state index contributed by atoms with van der Waals surface area (Å²) in [4.78, 5) is 24.4. The van der Waals surface area contributed by atoms with E-state index in [-0.39, 0.29) is 11.3 Å². The summed E-state index contributed by atoms with van der Waals surface area (Å²) >= 11 is 0. The molecule has 2 aromatic carbocycles. The number of aromatic nitrogens is 2. The first-order valence-corrected chi connectivity index (χ1v) is 7.40. The standard InChI is InChI=1S/C18H13N5O2/c1-23-18(25)15-5-3-2-4-14(15)16(22-23)17(24)21-20-11-13-8-6-12(10-19)7-9-13/h2-9,11H,1H3,(H,21,24)/b20-11-. The van der Waals surface area contributed by atoms with Gasteiger partial charge in [-0.25, -0.2) is 10.1 Å². The summed E-state index contributed by atoms with van der Waals surface area (Å²) in [6, 6.07) is 15.6. The Morgan fingerprint density at radius 2 is 1.88 bits per heavy atom. The molecule has 0 spiro atoms. The lowest BCUT2D eigenvalue weighted by molar-refractivity contribution is 0.0950. The summed E-state index contributed by atoms with van der Waals surface area (Å²) in [6.07, 6.45) is 1.46. The Balaban J connectivity index is 1.85. The number of amides is 1. The maximum atomic E-state index is 12.4. The van der Waals surface area contributed by atoms with Crippen molar-refractivity contribution >= 4 is 22.9 Å². The van der Waals surface area contributed by atoms with E-state index in [1.54, 1.807) is 48.5 Å². The quantitative estimate of drug-likeness (QED) is 0.581. The molecule has 0 fully saturated rings.